The number of rotatable bonds is 4. The van der Waals surface area contributed by atoms with Crippen LogP contribution in [0.1, 0.15) is 17.0 Å². The average Bonchev–Trinajstić information content (AvgIpc) is 3.23. The van der Waals surface area contributed by atoms with Crippen molar-refractivity contribution in [2.45, 2.75) is 19.6 Å². The highest BCUT2D eigenvalue weighted by Gasteiger charge is 2.34. The summed E-state index contributed by atoms with van der Waals surface area (Å²) in [6.07, 6.45) is -2.94. The minimum Gasteiger partial charge on any atom is -0.359 e. The summed E-state index contributed by atoms with van der Waals surface area (Å²) in [7, 11) is 1.74. The van der Waals surface area contributed by atoms with Crippen LogP contribution in [0.5, 0.6) is 0 Å². The highest BCUT2D eigenvalue weighted by molar-refractivity contribution is 6.28. The van der Waals surface area contributed by atoms with Crippen molar-refractivity contribution in [3.05, 3.63) is 58.8 Å². The first-order chi connectivity index (χ1) is 13.8. The van der Waals surface area contributed by atoms with Crippen LogP contribution in [-0.2, 0) is 12.7 Å². The number of hydrogen-bond donors (Lipinski definition) is 1. The van der Waals surface area contributed by atoms with Crippen LogP contribution in [0.2, 0.25) is 5.28 Å². The molecule has 0 amide bonds. The van der Waals surface area contributed by atoms with Crippen LogP contribution < -0.4 is 5.32 Å². The standard InChI is InChI=1S/C18H15ClF3N7/c1-10-7-14(18(20,21)22)27-29(10)12-5-3-11(4-6-12)9-28-15-13(25-17(28)23-2)8-24-16(19)26-15/h3-8H,9H2,1-2H3,(H,23,25). The molecule has 7 nitrogen and oxygen atoms in total. The second-order valence-corrected chi connectivity index (χ2v) is 6.70. The van der Waals surface area contributed by atoms with Crippen LogP contribution >= 0.6 is 11.6 Å². The van der Waals surface area contributed by atoms with E-state index in [1.165, 1.54) is 4.68 Å². The summed E-state index contributed by atoms with van der Waals surface area (Å²) in [5.74, 6) is 0.596. The average molecular weight is 422 g/mol. The lowest BCUT2D eigenvalue weighted by molar-refractivity contribution is -0.141. The van der Waals surface area contributed by atoms with Crippen molar-refractivity contribution in [1.82, 2.24) is 29.3 Å². The molecule has 0 saturated heterocycles. The quantitative estimate of drug-likeness (QED) is 0.502. The van der Waals surface area contributed by atoms with Crippen LogP contribution in [-0.4, -0.2) is 36.3 Å². The molecular formula is C18H15ClF3N7. The Morgan fingerprint density at radius 1 is 1.14 bits per heavy atom. The summed E-state index contributed by atoms with van der Waals surface area (Å²) in [6, 6.07) is 8.09. The molecule has 0 unspecified atom stereocenters. The van der Waals surface area contributed by atoms with Gasteiger partial charge in [-0.15, -0.1) is 0 Å². The Morgan fingerprint density at radius 3 is 2.48 bits per heavy atom. The molecule has 3 aromatic heterocycles. The fourth-order valence-corrected chi connectivity index (χ4v) is 3.17. The second kappa shape index (κ2) is 7.03. The van der Waals surface area contributed by atoms with E-state index in [4.69, 9.17) is 11.6 Å². The summed E-state index contributed by atoms with van der Waals surface area (Å²) >= 11 is 5.91. The topological polar surface area (TPSA) is 73.5 Å². The van der Waals surface area contributed by atoms with E-state index >= 15 is 0 Å². The van der Waals surface area contributed by atoms with Crippen LogP contribution in [0.25, 0.3) is 16.9 Å². The molecule has 0 atom stereocenters. The van der Waals surface area contributed by atoms with Gasteiger partial charge in [0.2, 0.25) is 11.2 Å². The lowest BCUT2D eigenvalue weighted by Crippen LogP contribution is -2.08. The highest BCUT2D eigenvalue weighted by Crippen LogP contribution is 2.29. The highest BCUT2D eigenvalue weighted by atomic mass is 35.5. The molecule has 11 heteroatoms. The Morgan fingerprint density at radius 2 is 1.86 bits per heavy atom. The largest absolute Gasteiger partial charge is 0.435 e. The first-order valence-electron chi connectivity index (χ1n) is 8.56. The lowest BCUT2D eigenvalue weighted by atomic mass is 10.2. The van der Waals surface area contributed by atoms with Crippen molar-refractivity contribution in [1.29, 1.82) is 0 Å². The van der Waals surface area contributed by atoms with Gasteiger partial charge in [-0.1, -0.05) is 12.1 Å². The van der Waals surface area contributed by atoms with Gasteiger partial charge in [0.05, 0.1) is 18.4 Å². The molecule has 0 fully saturated rings. The van der Waals surface area contributed by atoms with Crippen molar-refractivity contribution < 1.29 is 13.2 Å². The molecule has 0 aliphatic carbocycles. The third-order valence-electron chi connectivity index (χ3n) is 4.38. The summed E-state index contributed by atoms with van der Waals surface area (Å²) < 4.78 is 41.8. The van der Waals surface area contributed by atoms with Crippen LogP contribution in [0.3, 0.4) is 0 Å². The minimum absolute atomic E-state index is 0.117. The molecule has 0 bridgehead atoms. The molecule has 4 rings (SSSR count). The smallest absolute Gasteiger partial charge is 0.359 e. The SMILES string of the molecule is CNc1nc2cnc(Cl)nc2n1Cc1ccc(-n2nc(C(F)(F)F)cc2C)cc1. The Kier molecular flexibility index (Phi) is 4.65. The lowest BCUT2D eigenvalue weighted by Gasteiger charge is -2.10. The maximum Gasteiger partial charge on any atom is 0.435 e. The van der Waals surface area contributed by atoms with E-state index in [2.05, 4.69) is 25.4 Å². The number of imidazole rings is 1. The molecule has 0 spiro atoms. The van der Waals surface area contributed by atoms with E-state index in [0.717, 1.165) is 11.6 Å². The fourth-order valence-electron chi connectivity index (χ4n) is 3.04. The fraction of sp³-hybridized carbons (Fsp3) is 0.222. The molecule has 1 N–H and O–H groups in total. The minimum atomic E-state index is -4.48. The van der Waals surface area contributed by atoms with Gasteiger partial charge in [-0.05, 0) is 42.3 Å². The third kappa shape index (κ3) is 3.63. The molecule has 3 heterocycles. The van der Waals surface area contributed by atoms with Crippen LogP contribution in [0, 0.1) is 6.92 Å². The van der Waals surface area contributed by atoms with E-state index in [0.29, 0.717) is 35.0 Å². The van der Waals surface area contributed by atoms with Crippen molar-refractivity contribution in [2.75, 3.05) is 12.4 Å². The predicted molar refractivity (Wildman–Crippen MR) is 102 cm³/mol. The van der Waals surface area contributed by atoms with E-state index in [9.17, 15) is 13.2 Å². The molecule has 4 aromatic rings. The number of alkyl halides is 3. The van der Waals surface area contributed by atoms with Gasteiger partial charge in [-0.25, -0.2) is 14.6 Å². The van der Waals surface area contributed by atoms with Crippen molar-refractivity contribution in [2.24, 2.45) is 0 Å². The third-order valence-corrected chi connectivity index (χ3v) is 4.56. The van der Waals surface area contributed by atoms with E-state index < -0.39 is 11.9 Å². The van der Waals surface area contributed by atoms with E-state index in [-0.39, 0.29) is 5.28 Å². The zero-order valence-corrected chi connectivity index (χ0v) is 16.1. The summed E-state index contributed by atoms with van der Waals surface area (Å²) in [6.45, 7) is 2.02. The predicted octanol–water partition coefficient (Wildman–Crippen LogP) is 4.08. The number of anilines is 1. The zero-order chi connectivity index (χ0) is 20.8. The Labute approximate surface area is 168 Å². The zero-order valence-electron chi connectivity index (χ0n) is 15.4. The first-order valence-corrected chi connectivity index (χ1v) is 8.94. The van der Waals surface area contributed by atoms with E-state index in [1.54, 1.807) is 32.3 Å². The van der Waals surface area contributed by atoms with Gasteiger partial charge in [0, 0.05) is 12.7 Å². The maximum atomic E-state index is 12.9. The van der Waals surface area contributed by atoms with Crippen LogP contribution in [0.4, 0.5) is 19.1 Å². The number of nitrogens with zero attached hydrogens (tertiary/aromatic N) is 6. The number of nitrogens with one attached hydrogen (secondary N) is 1. The molecule has 0 saturated carbocycles. The number of fused-ring (bicyclic) bond motifs is 1. The maximum absolute atomic E-state index is 12.9. The number of benzene rings is 1. The monoisotopic (exact) mass is 421 g/mol. The number of hydrogen-bond acceptors (Lipinski definition) is 5. The molecule has 29 heavy (non-hydrogen) atoms. The van der Waals surface area contributed by atoms with Gasteiger partial charge < -0.3 is 5.32 Å². The van der Waals surface area contributed by atoms with Crippen molar-refractivity contribution in [3.63, 3.8) is 0 Å². The molecule has 0 aliphatic heterocycles. The van der Waals surface area contributed by atoms with Gasteiger partial charge in [0.1, 0.15) is 5.52 Å². The van der Waals surface area contributed by atoms with Crippen molar-refractivity contribution in [3.8, 4) is 5.69 Å². The number of halogens is 4. The normalized spacial score (nSPS) is 11.9. The van der Waals surface area contributed by atoms with Crippen molar-refractivity contribution >= 4 is 28.7 Å². The number of aryl methyl sites for hydroxylation is 1. The molecule has 0 aliphatic rings. The molecule has 0 radical (unpaired) electrons. The Balaban J connectivity index is 1.65. The molecule has 1 aromatic carbocycles. The van der Waals surface area contributed by atoms with Gasteiger partial charge >= 0.3 is 6.18 Å². The summed E-state index contributed by atoms with van der Waals surface area (Å²) in [4.78, 5) is 12.6. The molecule has 150 valence electrons. The van der Waals surface area contributed by atoms with Crippen LogP contribution in [0.15, 0.2) is 36.5 Å². The van der Waals surface area contributed by atoms with Gasteiger partial charge in [0.15, 0.2) is 11.3 Å². The van der Waals surface area contributed by atoms with E-state index in [1.807, 2.05) is 16.7 Å². The molecular weight excluding hydrogens is 407 g/mol. The summed E-state index contributed by atoms with van der Waals surface area (Å²) in [5.41, 5.74) is 2.10. The summed E-state index contributed by atoms with van der Waals surface area (Å²) in [5, 5.41) is 6.79. The Hall–Kier alpha value is -3.14. The van der Waals surface area contributed by atoms with Gasteiger partial charge in [-0.3, -0.25) is 4.57 Å². The second-order valence-electron chi connectivity index (χ2n) is 6.37. The first kappa shape index (κ1) is 19.2. The number of aromatic nitrogens is 6. The Bertz CT molecular complexity index is 1180. The van der Waals surface area contributed by atoms with Gasteiger partial charge in [-0.2, -0.15) is 23.3 Å². The van der Waals surface area contributed by atoms with Gasteiger partial charge in [0.25, 0.3) is 0 Å².